The van der Waals surface area contributed by atoms with E-state index in [1.807, 2.05) is 61.5 Å². The molecule has 9 nitrogen and oxygen atoms in total. The molecule has 3 aromatic rings. The van der Waals surface area contributed by atoms with Crippen LogP contribution >= 0.6 is 15.9 Å². The molecular weight excluding hydrogens is 622 g/mol. The molecule has 42 heavy (non-hydrogen) atoms. The highest BCUT2D eigenvalue weighted by Gasteiger charge is 2.33. The Morgan fingerprint density at radius 1 is 0.952 bits per heavy atom. The number of nitrogens with one attached hydrogen (secondary N) is 1. The van der Waals surface area contributed by atoms with E-state index in [2.05, 4.69) is 21.2 Å². The standard InChI is InChI=1S/C31H36BrN3O6S/c1-3-4-16-33-31(37)27(19-23-8-6-5-7-9-23)34(21-24-10-12-25(32)13-11-24)30(36)22-35(42(2,38)39)26-14-15-28-29(20-26)41-18-17-40-28/h5-15,20,27H,3-4,16-19,21-22H2,1-2H3,(H,33,37)/t27-/m0/s1. The van der Waals surface area contributed by atoms with Crippen molar-refractivity contribution in [2.75, 3.05) is 36.9 Å². The normalized spacial score (nSPS) is 13.2. The minimum absolute atomic E-state index is 0.115. The number of hydrogen-bond donors (Lipinski definition) is 1. The van der Waals surface area contributed by atoms with Crippen LogP contribution in [0, 0.1) is 0 Å². The second-order valence-electron chi connectivity index (χ2n) is 10.1. The molecule has 0 unspecified atom stereocenters. The van der Waals surface area contributed by atoms with Gasteiger partial charge >= 0.3 is 0 Å². The third-order valence-electron chi connectivity index (χ3n) is 6.86. The predicted octanol–water partition coefficient (Wildman–Crippen LogP) is 4.54. The van der Waals surface area contributed by atoms with Crippen molar-refractivity contribution in [1.82, 2.24) is 10.2 Å². The van der Waals surface area contributed by atoms with E-state index in [1.165, 1.54) is 4.90 Å². The van der Waals surface area contributed by atoms with Crippen LogP contribution in [0.2, 0.25) is 0 Å². The molecule has 0 fully saturated rings. The molecule has 1 aliphatic rings. The first kappa shape index (κ1) is 31.4. The Morgan fingerprint density at radius 3 is 2.31 bits per heavy atom. The molecule has 0 aromatic heterocycles. The average Bonchev–Trinajstić information content (AvgIpc) is 2.98. The van der Waals surface area contributed by atoms with Crippen molar-refractivity contribution in [2.24, 2.45) is 0 Å². The molecule has 2 amide bonds. The second-order valence-corrected chi connectivity index (χ2v) is 12.9. The van der Waals surface area contributed by atoms with E-state index in [-0.39, 0.29) is 24.6 Å². The zero-order chi connectivity index (χ0) is 30.1. The molecule has 0 spiro atoms. The predicted molar refractivity (Wildman–Crippen MR) is 166 cm³/mol. The van der Waals surface area contributed by atoms with Gasteiger partial charge in [-0.05, 0) is 41.8 Å². The summed E-state index contributed by atoms with van der Waals surface area (Å²) in [5.41, 5.74) is 1.95. The van der Waals surface area contributed by atoms with E-state index in [0.717, 1.165) is 39.0 Å². The lowest BCUT2D eigenvalue weighted by atomic mass is 10.0. The van der Waals surface area contributed by atoms with Gasteiger partial charge in [0.05, 0.1) is 11.9 Å². The first-order valence-corrected chi connectivity index (χ1v) is 16.5. The fourth-order valence-electron chi connectivity index (χ4n) is 4.65. The molecular formula is C31H36BrN3O6S. The number of unbranched alkanes of at least 4 members (excludes halogenated alkanes) is 1. The van der Waals surface area contributed by atoms with E-state index in [9.17, 15) is 18.0 Å². The van der Waals surface area contributed by atoms with E-state index in [4.69, 9.17) is 9.47 Å². The van der Waals surface area contributed by atoms with Crippen LogP contribution in [0.4, 0.5) is 5.69 Å². The largest absolute Gasteiger partial charge is 0.486 e. The van der Waals surface area contributed by atoms with E-state index in [0.29, 0.717) is 31.3 Å². The number of halogens is 1. The molecule has 11 heteroatoms. The number of nitrogens with zero attached hydrogens (tertiary/aromatic N) is 2. The Morgan fingerprint density at radius 2 is 1.64 bits per heavy atom. The Kier molecular flexibility index (Phi) is 10.9. The Labute approximate surface area is 256 Å². The molecule has 3 aromatic carbocycles. The number of carbonyl (C=O) groups excluding carboxylic acids is 2. The van der Waals surface area contributed by atoms with Gasteiger partial charge in [-0.25, -0.2) is 8.42 Å². The third kappa shape index (κ3) is 8.48. The van der Waals surface area contributed by atoms with E-state index >= 15 is 0 Å². The fraction of sp³-hybridized carbons (Fsp3) is 0.355. The van der Waals surface area contributed by atoms with Crippen molar-refractivity contribution in [1.29, 1.82) is 0 Å². The molecule has 1 N–H and O–H groups in total. The number of benzene rings is 3. The van der Waals surface area contributed by atoms with Gasteiger partial charge in [-0.2, -0.15) is 0 Å². The van der Waals surface area contributed by atoms with Crippen molar-refractivity contribution < 1.29 is 27.5 Å². The van der Waals surface area contributed by atoms with Crippen molar-refractivity contribution in [3.05, 3.63) is 88.4 Å². The first-order valence-electron chi connectivity index (χ1n) is 13.9. The Bertz CT molecular complexity index is 1470. The van der Waals surface area contributed by atoms with Gasteiger partial charge in [0.2, 0.25) is 21.8 Å². The van der Waals surface area contributed by atoms with Gasteiger partial charge in [-0.1, -0.05) is 71.7 Å². The quantitative estimate of drug-likeness (QED) is 0.271. The molecule has 0 aliphatic carbocycles. The van der Waals surface area contributed by atoms with Crippen molar-refractivity contribution in [2.45, 2.75) is 38.8 Å². The van der Waals surface area contributed by atoms with Gasteiger partial charge < -0.3 is 19.7 Å². The van der Waals surface area contributed by atoms with E-state index < -0.39 is 28.5 Å². The van der Waals surface area contributed by atoms with Crippen LogP contribution in [0.3, 0.4) is 0 Å². The minimum Gasteiger partial charge on any atom is -0.486 e. The Hall–Kier alpha value is -3.57. The lowest BCUT2D eigenvalue weighted by molar-refractivity contribution is -0.140. The van der Waals surface area contributed by atoms with Crippen LogP contribution in [0.1, 0.15) is 30.9 Å². The summed E-state index contributed by atoms with van der Waals surface area (Å²) in [5, 5.41) is 2.98. The van der Waals surface area contributed by atoms with Crippen LogP contribution in [0.5, 0.6) is 11.5 Å². The number of amides is 2. The molecule has 224 valence electrons. The fourth-order valence-corrected chi connectivity index (χ4v) is 5.75. The number of hydrogen-bond acceptors (Lipinski definition) is 6. The van der Waals surface area contributed by atoms with Gasteiger partial charge in [-0.15, -0.1) is 0 Å². The van der Waals surface area contributed by atoms with Gasteiger partial charge in [0.15, 0.2) is 11.5 Å². The second kappa shape index (κ2) is 14.6. The zero-order valence-electron chi connectivity index (χ0n) is 23.8. The lowest BCUT2D eigenvalue weighted by Crippen LogP contribution is -2.53. The third-order valence-corrected chi connectivity index (χ3v) is 8.53. The maximum atomic E-state index is 14.2. The number of anilines is 1. The molecule has 0 saturated carbocycles. The summed E-state index contributed by atoms with van der Waals surface area (Å²) in [5.74, 6) is 0.116. The maximum absolute atomic E-state index is 14.2. The van der Waals surface area contributed by atoms with Crippen molar-refractivity contribution in [3.63, 3.8) is 0 Å². The summed E-state index contributed by atoms with van der Waals surface area (Å²) in [6.07, 6.45) is 3.03. The smallest absolute Gasteiger partial charge is 0.244 e. The SMILES string of the molecule is CCCCNC(=O)[C@H](Cc1ccccc1)N(Cc1ccc(Br)cc1)C(=O)CN(c1ccc2c(c1)OCCO2)S(C)(=O)=O. The average molecular weight is 659 g/mol. The minimum atomic E-state index is -3.89. The van der Waals surface area contributed by atoms with Crippen LogP contribution in [0.25, 0.3) is 0 Å². The molecule has 0 bridgehead atoms. The van der Waals surface area contributed by atoms with Gasteiger partial charge in [0.25, 0.3) is 0 Å². The summed E-state index contributed by atoms with van der Waals surface area (Å²) in [4.78, 5) is 29.3. The molecule has 4 rings (SSSR count). The number of ether oxygens (including phenoxy) is 2. The van der Waals surface area contributed by atoms with Crippen LogP contribution < -0.4 is 19.1 Å². The first-order chi connectivity index (χ1) is 20.2. The summed E-state index contributed by atoms with van der Waals surface area (Å²) in [6.45, 7) is 2.87. The highest BCUT2D eigenvalue weighted by Crippen LogP contribution is 2.34. The Balaban J connectivity index is 1.70. The zero-order valence-corrected chi connectivity index (χ0v) is 26.2. The lowest BCUT2D eigenvalue weighted by Gasteiger charge is -2.33. The number of sulfonamides is 1. The summed E-state index contributed by atoms with van der Waals surface area (Å²) < 4.78 is 39.2. The van der Waals surface area contributed by atoms with Gasteiger partial charge in [0, 0.05) is 30.0 Å². The van der Waals surface area contributed by atoms with Gasteiger partial charge in [-0.3, -0.25) is 13.9 Å². The summed E-state index contributed by atoms with van der Waals surface area (Å²) in [7, 11) is -3.89. The van der Waals surface area contributed by atoms with Crippen LogP contribution in [0.15, 0.2) is 77.3 Å². The van der Waals surface area contributed by atoms with Crippen molar-refractivity contribution in [3.8, 4) is 11.5 Å². The molecule has 1 atom stereocenters. The molecule has 0 radical (unpaired) electrons. The highest BCUT2D eigenvalue weighted by molar-refractivity contribution is 9.10. The number of fused-ring (bicyclic) bond motifs is 1. The number of carbonyl (C=O) groups is 2. The maximum Gasteiger partial charge on any atom is 0.244 e. The number of rotatable bonds is 13. The van der Waals surface area contributed by atoms with Crippen LogP contribution in [-0.4, -0.2) is 63.7 Å². The van der Waals surface area contributed by atoms with E-state index in [1.54, 1.807) is 18.2 Å². The molecule has 1 heterocycles. The topological polar surface area (TPSA) is 105 Å². The summed E-state index contributed by atoms with van der Waals surface area (Å²) >= 11 is 3.44. The molecule has 0 saturated heterocycles. The monoisotopic (exact) mass is 657 g/mol. The van der Waals surface area contributed by atoms with Gasteiger partial charge in [0.1, 0.15) is 25.8 Å². The summed E-state index contributed by atoms with van der Waals surface area (Å²) in [6, 6.07) is 20.8. The molecule has 1 aliphatic heterocycles. The van der Waals surface area contributed by atoms with Crippen molar-refractivity contribution >= 4 is 43.5 Å². The highest BCUT2D eigenvalue weighted by atomic mass is 79.9. The van der Waals surface area contributed by atoms with Crippen LogP contribution in [-0.2, 0) is 32.6 Å².